The monoisotopic (exact) mass is 556 g/mol. The molecule has 3 fully saturated rings. The summed E-state index contributed by atoms with van der Waals surface area (Å²) < 4.78 is 11.8. The summed E-state index contributed by atoms with van der Waals surface area (Å²) in [6, 6.07) is 11.5. The predicted octanol–water partition coefficient (Wildman–Crippen LogP) is 4.58. The number of methoxy groups -OCH3 is 1. The molecule has 4 aliphatic carbocycles. The number of hydrogen-bond acceptors (Lipinski definition) is 6. The van der Waals surface area contributed by atoms with E-state index in [1.54, 1.807) is 7.11 Å². The number of phenols is 1. The molecule has 0 unspecified atom stereocenters. The molecule has 4 bridgehead atoms. The quantitative estimate of drug-likeness (QED) is 0.502. The van der Waals surface area contributed by atoms with Crippen molar-refractivity contribution in [1.82, 2.24) is 9.80 Å². The summed E-state index contributed by atoms with van der Waals surface area (Å²) in [5.41, 5.74) is 5.96. The highest BCUT2D eigenvalue weighted by Crippen LogP contribution is 2.62. The number of hydrogen-bond donors (Lipinski definition) is 2. The van der Waals surface area contributed by atoms with E-state index in [1.165, 1.54) is 67.3 Å². The third kappa shape index (κ3) is 3.47. The highest BCUT2D eigenvalue weighted by Gasteiger charge is 2.64. The average molecular weight is 557 g/mol. The van der Waals surface area contributed by atoms with Crippen LogP contribution in [0.3, 0.4) is 0 Å². The van der Waals surface area contributed by atoms with Gasteiger partial charge in [0.15, 0.2) is 11.5 Å². The molecule has 3 heterocycles. The number of nitrogens with zero attached hydrogens (tertiary/aromatic N) is 2. The van der Waals surface area contributed by atoms with Gasteiger partial charge in [-0.1, -0.05) is 37.1 Å². The van der Waals surface area contributed by atoms with Crippen LogP contribution in [0.15, 0.2) is 42.5 Å². The van der Waals surface area contributed by atoms with Crippen molar-refractivity contribution in [2.45, 2.75) is 86.5 Å². The third-order valence-corrected chi connectivity index (χ3v) is 12.5. The number of aliphatic hydroxyl groups excluding tert-OH is 1. The molecule has 2 saturated heterocycles. The fraction of sp³-hybridized carbons (Fsp3) is 0.600. The van der Waals surface area contributed by atoms with Crippen molar-refractivity contribution in [1.29, 1.82) is 0 Å². The maximum Gasteiger partial charge on any atom is 0.165 e. The highest BCUT2D eigenvalue weighted by atomic mass is 16.5. The largest absolute Gasteiger partial charge is 0.508 e. The lowest BCUT2D eigenvalue weighted by Crippen LogP contribution is -2.64. The first-order valence-corrected chi connectivity index (χ1v) is 15.8. The van der Waals surface area contributed by atoms with Crippen LogP contribution >= 0.6 is 0 Å². The van der Waals surface area contributed by atoms with Gasteiger partial charge in [0.25, 0.3) is 0 Å². The van der Waals surface area contributed by atoms with E-state index in [9.17, 15) is 10.2 Å². The molecule has 6 heteroatoms. The van der Waals surface area contributed by atoms with Crippen LogP contribution in [0.2, 0.25) is 0 Å². The maximum atomic E-state index is 10.6. The lowest BCUT2D eigenvalue weighted by atomic mass is 9.52. The van der Waals surface area contributed by atoms with Gasteiger partial charge < -0.3 is 29.5 Å². The zero-order valence-corrected chi connectivity index (χ0v) is 24.7. The molecule has 7 aliphatic rings. The van der Waals surface area contributed by atoms with Crippen LogP contribution < -0.4 is 9.47 Å². The first-order chi connectivity index (χ1) is 19.9. The minimum absolute atomic E-state index is 0.0806. The Morgan fingerprint density at radius 3 is 2.56 bits per heavy atom. The predicted molar refractivity (Wildman–Crippen MR) is 159 cm³/mol. The van der Waals surface area contributed by atoms with Crippen LogP contribution in [0.5, 0.6) is 17.2 Å². The topological polar surface area (TPSA) is 65.4 Å². The summed E-state index contributed by atoms with van der Waals surface area (Å²) in [7, 11) is 6.21. The van der Waals surface area contributed by atoms with Gasteiger partial charge in [-0.3, -0.25) is 0 Å². The van der Waals surface area contributed by atoms with E-state index in [-0.39, 0.29) is 11.5 Å². The van der Waals surface area contributed by atoms with Gasteiger partial charge in [0.1, 0.15) is 18.0 Å². The Hall–Kier alpha value is -2.54. The minimum atomic E-state index is -0.539. The van der Waals surface area contributed by atoms with E-state index < -0.39 is 6.10 Å². The van der Waals surface area contributed by atoms with Crippen molar-refractivity contribution >= 4 is 0 Å². The van der Waals surface area contributed by atoms with Crippen LogP contribution in [-0.2, 0) is 23.7 Å². The van der Waals surface area contributed by atoms with E-state index >= 15 is 0 Å². The molecule has 3 aliphatic heterocycles. The van der Waals surface area contributed by atoms with Gasteiger partial charge in [-0.2, -0.15) is 0 Å². The molecule has 8 atom stereocenters. The number of aromatic hydroxyl groups is 1. The normalized spacial score (nSPS) is 39.4. The van der Waals surface area contributed by atoms with Gasteiger partial charge in [0.2, 0.25) is 0 Å². The number of rotatable bonds is 1. The fourth-order valence-electron chi connectivity index (χ4n) is 10.6. The molecule has 6 nitrogen and oxygen atoms in total. The van der Waals surface area contributed by atoms with Gasteiger partial charge in [-0.25, -0.2) is 0 Å². The second-order valence-electron chi connectivity index (χ2n) is 14.0. The number of phenolic OH excluding ortho intramolecular Hbond substituents is 1. The summed E-state index contributed by atoms with van der Waals surface area (Å²) in [6.07, 6.45) is 13.5. The van der Waals surface area contributed by atoms with Gasteiger partial charge >= 0.3 is 0 Å². The number of ether oxygens (including phenoxy) is 2. The number of piperidine rings is 2. The van der Waals surface area contributed by atoms with Crippen molar-refractivity contribution in [3.8, 4) is 17.2 Å². The lowest BCUT2D eigenvalue weighted by Gasteiger charge is -2.58. The molecule has 0 radical (unpaired) electrons. The Kier molecular flexibility index (Phi) is 5.88. The zero-order valence-electron chi connectivity index (χ0n) is 24.7. The molecule has 9 rings (SSSR count). The summed E-state index contributed by atoms with van der Waals surface area (Å²) >= 11 is 0. The second-order valence-corrected chi connectivity index (χ2v) is 14.0. The summed E-state index contributed by atoms with van der Waals surface area (Å²) in [5.74, 6) is 3.36. The van der Waals surface area contributed by atoms with Gasteiger partial charge in [0, 0.05) is 34.4 Å². The molecule has 1 spiro atoms. The van der Waals surface area contributed by atoms with E-state index in [2.05, 4.69) is 48.2 Å². The SMILES string of the molecule is CN1CC[C@@]23CCCC[C@@H]2[C@@H]1Cc1ccc(O)cc13.COc1ccc2c3c1O[C@H]1[C@@H](O)C=C[C@H]4[C@@H](C2)N(C)CC[C@@]341. The van der Waals surface area contributed by atoms with Gasteiger partial charge in [0.05, 0.1) is 7.11 Å². The first kappa shape index (κ1) is 26.1. The zero-order chi connectivity index (χ0) is 28.1. The van der Waals surface area contributed by atoms with Crippen LogP contribution in [-0.4, -0.2) is 78.6 Å². The highest BCUT2D eigenvalue weighted by molar-refractivity contribution is 5.62. The van der Waals surface area contributed by atoms with Gasteiger partial charge in [-0.05, 0) is 107 Å². The third-order valence-electron chi connectivity index (χ3n) is 12.5. The molecular weight excluding hydrogens is 512 g/mol. The first-order valence-electron chi connectivity index (χ1n) is 15.8. The minimum Gasteiger partial charge on any atom is -0.508 e. The van der Waals surface area contributed by atoms with Crippen molar-refractivity contribution in [3.63, 3.8) is 0 Å². The molecule has 0 aromatic heterocycles. The van der Waals surface area contributed by atoms with Crippen LogP contribution in [0, 0.1) is 11.8 Å². The van der Waals surface area contributed by atoms with Crippen molar-refractivity contribution in [3.05, 3.63) is 64.7 Å². The molecular formula is C35H44N2O4. The number of benzene rings is 2. The molecule has 2 N–H and O–H groups in total. The van der Waals surface area contributed by atoms with E-state index in [0.717, 1.165) is 42.8 Å². The van der Waals surface area contributed by atoms with E-state index in [4.69, 9.17) is 9.47 Å². The summed E-state index contributed by atoms with van der Waals surface area (Å²) in [5, 5.41) is 20.5. The molecule has 41 heavy (non-hydrogen) atoms. The number of aliphatic hydroxyl groups is 1. The average Bonchev–Trinajstić information content (AvgIpc) is 3.34. The van der Waals surface area contributed by atoms with Crippen molar-refractivity contribution in [2.24, 2.45) is 11.8 Å². The molecule has 1 saturated carbocycles. The summed E-state index contributed by atoms with van der Waals surface area (Å²) in [6.45, 7) is 2.27. The summed E-state index contributed by atoms with van der Waals surface area (Å²) in [4.78, 5) is 5.06. The Balaban J connectivity index is 0.000000126. The Bertz CT molecular complexity index is 1410. The van der Waals surface area contributed by atoms with Crippen LogP contribution in [0.4, 0.5) is 0 Å². The molecule has 2 aromatic carbocycles. The van der Waals surface area contributed by atoms with E-state index in [1.807, 2.05) is 18.2 Å². The molecule has 2 aromatic rings. The number of fused-ring (bicyclic) bond motifs is 1. The smallest absolute Gasteiger partial charge is 0.165 e. The number of likely N-dealkylation sites (tertiary alicyclic amines) is 2. The number of likely N-dealkylation sites (N-methyl/N-ethyl adjacent to an activating group) is 2. The fourth-order valence-corrected chi connectivity index (χ4v) is 10.6. The lowest BCUT2D eigenvalue weighted by molar-refractivity contribution is -0.0453. The Morgan fingerprint density at radius 2 is 1.71 bits per heavy atom. The van der Waals surface area contributed by atoms with Crippen molar-refractivity contribution in [2.75, 3.05) is 34.3 Å². The van der Waals surface area contributed by atoms with Gasteiger partial charge in [-0.15, -0.1) is 0 Å². The molecule has 218 valence electrons. The standard InChI is InChI=1S/C18H21NO3.C17H23NO/c1-19-8-7-18-11-4-5-13(20)17(18)22-16-14(21-2)6-3-10(15(16)18)9-12(11)19;1-18-9-8-17-7-3-2-4-14(17)16(18)10-12-5-6-13(19)11-15(12)17/h3-6,11-13,17,20H,7-9H2,1-2H3;5-6,11,14,16,19H,2-4,7-10H2,1H3/t11-,12+,13-,17-,18-;14-,16+,17+/m01/s1. The maximum absolute atomic E-state index is 10.6. The Morgan fingerprint density at radius 1 is 0.927 bits per heavy atom. The molecule has 0 amide bonds. The van der Waals surface area contributed by atoms with Crippen LogP contribution in [0.25, 0.3) is 0 Å². The van der Waals surface area contributed by atoms with Crippen molar-refractivity contribution < 1.29 is 19.7 Å². The Labute approximate surface area is 243 Å². The van der Waals surface area contributed by atoms with E-state index in [0.29, 0.717) is 23.1 Å². The van der Waals surface area contributed by atoms with Crippen LogP contribution in [0.1, 0.15) is 60.8 Å². The second kappa shape index (κ2) is 9.23.